The van der Waals surface area contributed by atoms with Crippen LogP contribution >= 0.6 is 24.0 Å². The van der Waals surface area contributed by atoms with Crippen molar-refractivity contribution in [2.24, 2.45) is 10.7 Å². The van der Waals surface area contributed by atoms with Gasteiger partial charge < -0.3 is 25.8 Å². The molecular formula is C19H24FIN4O3. The molecule has 2 aromatic carbocycles. The number of amides is 1. The van der Waals surface area contributed by atoms with Crippen LogP contribution in [0, 0.1) is 5.82 Å². The SMILES string of the molecule is COc1ccc(CCNC(N)=NCC(=O)Nc2cccc(F)c2)cc1OC.I. The molecule has 0 unspecified atom stereocenters. The van der Waals surface area contributed by atoms with Crippen LogP contribution in [0.5, 0.6) is 11.5 Å². The van der Waals surface area contributed by atoms with E-state index in [-0.39, 0.29) is 42.4 Å². The molecule has 0 atom stereocenters. The van der Waals surface area contributed by atoms with Crippen LogP contribution in [0.2, 0.25) is 0 Å². The Balaban J connectivity index is 0.00000392. The zero-order valence-corrected chi connectivity index (χ0v) is 18.0. The van der Waals surface area contributed by atoms with E-state index < -0.39 is 5.82 Å². The predicted molar refractivity (Wildman–Crippen MR) is 118 cm³/mol. The average molecular weight is 502 g/mol. The molecule has 28 heavy (non-hydrogen) atoms. The van der Waals surface area contributed by atoms with Crippen molar-refractivity contribution >= 4 is 41.5 Å². The van der Waals surface area contributed by atoms with E-state index in [2.05, 4.69) is 15.6 Å². The number of aliphatic imine (C=N–C) groups is 1. The Bertz CT molecular complexity index is 818. The Labute approximate surface area is 180 Å². The Morgan fingerprint density at radius 3 is 2.57 bits per heavy atom. The molecule has 1 amide bonds. The molecular weight excluding hydrogens is 478 g/mol. The molecule has 7 nitrogen and oxygen atoms in total. The van der Waals surface area contributed by atoms with Crippen LogP contribution in [0.15, 0.2) is 47.5 Å². The second-order valence-electron chi connectivity index (χ2n) is 5.63. The largest absolute Gasteiger partial charge is 0.493 e. The molecule has 0 aliphatic heterocycles. The van der Waals surface area contributed by atoms with E-state index in [1.54, 1.807) is 20.3 Å². The van der Waals surface area contributed by atoms with Gasteiger partial charge in [-0.2, -0.15) is 0 Å². The number of nitrogens with one attached hydrogen (secondary N) is 2. The maximum atomic E-state index is 13.1. The minimum Gasteiger partial charge on any atom is -0.493 e. The number of guanidine groups is 1. The molecule has 4 N–H and O–H groups in total. The second kappa shape index (κ2) is 12.0. The Kier molecular flexibility index (Phi) is 10.1. The van der Waals surface area contributed by atoms with Gasteiger partial charge in [0.05, 0.1) is 14.2 Å². The molecule has 0 aliphatic rings. The molecule has 0 fully saturated rings. The first-order chi connectivity index (χ1) is 13.0. The molecule has 0 aliphatic carbocycles. The van der Waals surface area contributed by atoms with Gasteiger partial charge in [0.15, 0.2) is 17.5 Å². The molecule has 2 rings (SSSR count). The van der Waals surface area contributed by atoms with E-state index in [1.807, 2.05) is 18.2 Å². The molecule has 0 saturated carbocycles. The van der Waals surface area contributed by atoms with E-state index in [9.17, 15) is 9.18 Å². The van der Waals surface area contributed by atoms with Crippen LogP contribution in [0.1, 0.15) is 5.56 Å². The molecule has 9 heteroatoms. The van der Waals surface area contributed by atoms with Gasteiger partial charge in [-0.3, -0.25) is 4.79 Å². The highest BCUT2D eigenvalue weighted by molar-refractivity contribution is 14.0. The normalized spacial score (nSPS) is 10.6. The highest BCUT2D eigenvalue weighted by Gasteiger charge is 2.05. The fraction of sp³-hybridized carbons (Fsp3) is 0.263. The van der Waals surface area contributed by atoms with Crippen LogP contribution in [-0.2, 0) is 11.2 Å². The van der Waals surface area contributed by atoms with Gasteiger partial charge in [-0.25, -0.2) is 9.38 Å². The quantitative estimate of drug-likeness (QED) is 0.293. The van der Waals surface area contributed by atoms with Gasteiger partial charge in [0.2, 0.25) is 5.91 Å². The lowest BCUT2D eigenvalue weighted by atomic mass is 10.1. The van der Waals surface area contributed by atoms with Gasteiger partial charge in [-0.15, -0.1) is 24.0 Å². The average Bonchev–Trinajstić information content (AvgIpc) is 2.66. The monoisotopic (exact) mass is 502 g/mol. The maximum Gasteiger partial charge on any atom is 0.246 e. The first-order valence-corrected chi connectivity index (χ1v) is 8.32. The van der Waals surface area contributed by atoms with Crippen LogP contribution in [0.4, 0.5) is 10.1 Å². The van der Waals surface area contributed by atoms with E-state index >= 15 is 0 Å². The van der Waals surface area contributed by atoms with Crippen LogP contribution in [0.25, 0.3) is 0 Å². The third kappa shape index (κ3) is 7.59. The number of anilines is 1. The summed E-state index contributed by atoms with van der Waals surface area (Å²) in [5, 5.41) is 5.49. The number of benzene rings is 2. The summed E-state index contributed by atoms with van der Waals surface area (Å²) in [7, 11) is 3.17. The summed E-state index contributed by atoms with van der Waals surface area (Å²) in [6.45, 7) is 0.377. The zero-order chi connectivity index (χ0) is 19.6. The second-order valence-corrected chi connectivity index (χ2v) is 5.63. The summed E-state index contributed by atoms with van der Waals surface area (Å²) in [6.07, 6.45) is 0.687. The third-order valence-electron chi connectivity index (χ3n) is 3.67. The molecule has 0 radical (unpaired) electrons. The van der Waals surface area contributed by atoms with Crippen molar-refractivity contribution in [1.29, 1.82) is 0 Å². The van der Waals surface area contributed by atoms with E-state index in [0.29, 0.717) is 30.2 Å². The summed E-state index contributed by atoms with van der Waals surface area (Å²) in [5.41, 5.74) is 7.17. The fourth-order valence-electron chi connectivity index (χ4n) is 2.35. The van der Waals surface area contributed by atoms with Crippen molar-refractivity contribution in [3.63, 3.8) is 0 Å². The summed E-state index contributed by atoms with van der Waals surface area (Å²) >= 11 is 0. The van der Waals surface area contributed by atoms with Gasteiger partial charge in [0, 0.05) is 12.2 Å². The van der Waals surface area contributed by atoms with Crippen LogP contribution in [0.3, 0.4) is 0 Å². The molecule has 0 saturated heterocycles. The van der Waals surface area contributed by atoms with Gasteiger partial charge in [0.25, 0.3) is 0 Å². The Morgan fingerprint density at radius 2 is 1.89 bits per heavy atom. The van der Waals surface area contributed by atoms with Gasteiger partial charge in [-0.1, -0.05) is 12.1 Å². The number of hydrogen-bond donors (Lipinski definition) is 3. The van der Waals surface area contributed by atoms with Gasteiger partial charge in [0.1, 0.15) is 12.4 Å². The first-order valence-electron chi connectivity index (χ1n) is 8.32. The number of carbonyl (C=O) groups excluding carboxylic acids is 1. The van der Waals surface area contributed by atoms with Crippen molar-refractivity contribution < 1.29 is 18.7 Å². The molecule has 0 bridgehead atoms. The molecule has 152 valence electrons. The highest BCUT2D eigenvalue weighted by Crippen LogP contribution is 2.27. The highest BCUT2D eigenvalue weighted by atomic mass is 127. The third-order valence-corrected chi connectivity index (χ3v) is 3.67. The smallest absolute Gasteiger partial charge is 0.246 e. The van der Waals surface area contributed by atoms with Crippen LogP contribution in [-0.4, -0.2) is 39.2 Å². The summed E-state index contributed by atoms with van der Waals surface area (Å²) in [6, 6.07) is 11.3. The van der Waals surface area contributed by atoms with Crippen molar-refractivity contribution in [3.8, 4) is 11.5 Å². The minimum absolute atomic E-state index is 0. The number of rotatable bonds is 8. The number of nitrogens with zero attached hydrogens (tertiary/aromatic N) is 1. The van der Waals surface area contributed by atoms with Gasteiger partial charge in [-0.05, 0) is 42.3 Å². The number of methoxy groups -OCH3 is 2. The van der Waals surface area contributed by atoms with Crippen molar-refractivity contribution in [2.45, 2.75) is 6.42 Å². The Hall–Kier alpha value is -2.56. The lowest BCUT2D eigenvalue weighted by Gasteiger charge is -2.10. The first kappa shape index (κ1) is 23.5. The minimum atomic E-state index is -0.423. The zero-order valence-electron chi connectivity index (χ0n) is 15.7. The number of halogens is 2. The fourth-order valence-corrected chi connectivity index (χ4v) is 2.35. The summed E-state index contributed by atoms with van der Waals surface area (Å²) < 4.78 is 23.5. The molecule has 0 spiro atoms. The summed E-state index contributed by atoms with van der Waals surface area (Å²) in [4.78, 5) is 15.8. The van der Waals surface area contributed by atoms with E-state index in [0.717, 1.165) is 5.56 Å². The topological polar surface area (TPSA) is 98.0 Å². The number of ether oxygens (including phenoxy) is 2. The lowest BCUT2D eigenvalue weighted by Crippen LogP contribution is -2.34. The molecule has 0 aromatic heterocycles. The predicted octanol–water partition coefficient (Wildman–Crippen LogP) is 2.55. The van der Waals surface area contributed by atoms with E-state index in [4.69, 9.17) is 15.2 Å². The van der Waals surface area contributed by atoms with E-state index in [1.165, 1.54) is 18.2 Å². The maximum absolute atomic E-state index is 13.1. The van der Waals surface area contributed by atoms with Gasteiger partial charge >= 0.3 is 0 Å². The number of hydrogen-bond acceptors (Lipinski definition) is 4. The van der Waals surface area contributed by atoms with Crippen molar-refractivity contribution in [3.05, 3.63) is 53.8 Å². The summed E-state index contributed by atoms with van der Waals surface area (Å²) in [5.74, 6) is 0.674. The molecule has 2 aromatic rings. The lowest BCUT2D eigenvalue weighted by molar-refractivity contribution is -0.114. The molecule has 0 heterocycles. The van der Waals surface area contributed by atoms with Crippen molar-refractivity contribution in [1.82, 2.24) is 5.32 Å². The standard InChI is InChI=1S/C19H23FN4O3.HI/c1-26-16-7-6-13(10-17(16)27-2)8-9-22-19(21)23-12-18(25)24-15-5-3-4-14(20)11-15;/h3-7,10-11H,8-9,12H2,1-2H3,(H,24,25)(H3,21,22,23);1H. The van der Waals surface area contributed by atoms with Crippen molar-refractivity contribution in [2.75, 3.05) is 32.6 Å². The number of carbonyl (C=O) groups is 1. The Morgan fingerprint density at radius 1 is 1.14 bits per heavy atom. The number of nitrogens with two attached hydrogens (primary N) is 1. The van der Waals surface area contributed by atoms with Crippen LogP contribution < -0.4 is 25.8 Å².